The maximum Gasteiger partial charge on any atom is 0.415 e. The van der Waals surface area contributed by atoms with E-state index >= 15 is 0 Å². The highest BCUT2D eigenvalue weighted by molar-refractivity contribution is 7.98. The third-order valence-electron chi connectivity index (χ3n) is 4.86. The number of hydrogen-bond acceptors (Lipinski definition) is 3. The normalized spacial score (nSPS) is 19.1. The number of rotatable bonds is 1. The molecule has 3 aromatic rings. The Morgan fingerprint density at radius 3 is 3.09 bits per heavy atom. The lowest BCUT2D eigenvalue weighted by atomic mass is 10.1. The van der Waals surface area contributed by atoms with Crippen LogP contribution in [0.5, 0.6) is 5.75 Å². The summed E-state index contributed by atoms with van der Waals surface area (Å²) in [6, 6.07) is 10.5. The minimum Gasteiger partial charge on any atom is -0.496 e. The van der Waals surface area contributed by atoms with Gasteiger partial charge in [0, 0.05) is 23.6 Å². The van der Waals surface area contributed by atoms with Gasteiger partial charge >= 0.3 is 5.95 Å². The maximum absolute atomic E-state index is 5.64. The van der Waals surface area contributed by atoms with Crippen LogP contribution in [-0.4, -0.2) is 16.1 Å². The zero-order chi connectivity index (χ0) is 15.4. The molecule has 4 nitrogen and oxygen atoms in total. The van der Waals surface area contributed by atoms with Crippen LogP contribution in [0.3, 0.4) is 0 Å². The van der Waals surface area contributed by atoms with E-state index in [1.165, 1.54) is 36.0 Å². The first-order valence-electron chi connectivity index (χ1n) is 8.13. The lowest BCUT2D eigenvalue weighted by Gasteiger charge is -2.23. The summed E-state index contributed by atoms with van der Waals surface area (Å²) in [6.07, 6.45) is 6.91. The van der Waals surface area contributed by atoms with Crippen molar-refractivity contribution in [3.63, 3.8) is 0 Å². The second-order valence-corrected chi connectivity index (χ2v) is 7.30. The van der Waals surface area contributed by atoms with E-state index in [4.69, 9.17) is 9.72 Å². The number of pyridine rings is 1. The van der Waals surface area contributed by atoms with Crippen molar-refractivity contribution in [3.8, 4) is 11.7 Å². The highest BCUT2D eigenvalue weighted by Gasteiger charge is 2.38. The molecule has 0 saturated heterocycles. The zero-order valence-corrected chi connectivity index (χ0v) is 13.8. The van der Waals surface area contributed by atoms with Crippen molar-refractivity contribution >= 4 is 23.0 Å². The summed E-state index contributed by atoms with van der Waals surface area (Å²) in [5.74, 6) is 2.03. The van der Waals surface area contributed by atoms with Crippen molar-refractivity contribution in [1.82, 2.24) is 8.96 Å². The second-order valence-electron chi connectivity index (χ2n) is 6.15. The molecule has 23 heavy (non-hydrogen) atoms. The first-order chi connectivity index (χ1) is 11.4. The number of ether oxygens (including phenoxy) is 1. The van der Waals surface area contributed by atoms with Crippen LogP contribution >= 0.6 is 11.9 Å². The summed E-state index contributed by atoms with van der Waals surface area (Å²) in [5, 5.41) is 0.465. The van der Waals surface area contributed by atoms with E-state index in [9.17, 15) is 0 Å². The predicted octanol–water partition coefficient (Wildman–Crippen LogP) is 3.60. The molecular weight excluding hydrogens is 306 g/mol. The van der Waals surface area contributed by atoms with Crippen LogP contribution in [-0.2, 0) is 6.42 Å². The van der Waals surface area contributed by atoms with Crippen LogP contribution in [0.25, 0.3) is 17.0 Å². The Morgan fingerprint density at radius 1 is 1.26 bits per heavy atom. The van der Waals surface area contributed by atoms with Gasteiger partial charge < -0.3 is 4.74 Å². The third kappa shape index (κ3) is 1.86. The average Bonchev–Trinajstić information content (AvgIpc) is 2.83. The molecule has 0 fully saturated rings. The molecule has 5 heteroatoms. The molecule has 5 rings (SSSR count). The molecule has 0 unspecified atom stereocenters. The van der Waals surface area contributed by atoms with Gasteiger partial charge in [-0.15, -0.1) is 0 Å². The molecule has 1 aliphatic carbocycles. The van der Waals surface area contributed by atoms with Crippen molar-refractivity contribution in [2.45, 2.75) is 30.9 Å². The molecule has 0 spiro atoms. The number of para-hydroxylation sites is 2. The van der Waals surface area contributed by atoms with E-state index in [2.05, 4.69) is 45.1 Å². The van der Waals surface area contributed by atoms with Gasteiger partial charge in [-0.2, -0.15) is 3.97 Å². The summed E-state index contributed by atoms with van der Waals surface area (Å²) < 4.78 is 10.2. The van der Waals surface area contributed by atoms with Crippen LogP contribution in [0.4, 0.5) is 0 Å². The molecule has 0 amide bonds. The number of nitrogens with zero attached hydrogens (tertiary/aromatic N) is 3. The average molecular weight is 324 g/mol. The maximum atomic E-state index is 5.64. The number of aromatic nitrogens is 3. The monoisotopic (exact) mass is 324 g/mol. The van der Waals surface area contributed by atoms with Gasteiger partial charge in [0.15, 0.2) is 11.0 Å². The van der Waals surface area contributed by atoms with Crippen molar-refractivity contribution in [3.05, 3.63) is 47.8 Å². The molecular formula is C18H18N3OS+. The predicted molar refractivity (Wildman–Crippen MR) is 91.1 cm³/mol. The van der Waals surface area contributed by atoms with Gasteiger partial charge in [-0.05, 0) is 31.4 Å². The lowest BCUT2D eigenvalue weighted by molar-refractivity contribution is -0.614. The fraction of sp³-hybridized carbons (Fsp3) is 0.333. The molecule has 1 aliphatic heterocycles. The van der Waals surface area contributed by atoms with Crippen LogP contribution in [0.2, 0.25) is 0 Å². The molecule has 2 aromatic heterocycles. The van der Waals surface area contributed by atoms with Crippen LogP contribution in [0.1, 0.15) is 35.8 Å². The summed E-state index contributed by atoms with van der Waals surface area (Å²) in [5.41, 5.74) is 5.01. The fourth-order valence-corrected chi connectivity index (χ4v) is 5.18. The van der Waals surface area contributed by atoms with Crippen LogP contribution < -0.4 is 9.30 Å². The first kappa shape index (κ1) is 13.4. The molecule has 116 valence electrons. The number of fused-ring (bicyclic) bond motifs is 4. The van der Waals surface area contributed by atoms with Gasteiger partial charge in [0.1, 0.15) is 11.4 Å². The van der Waals surface area contributed by atoms with Crippen molar-refractivity contribution in [2.24, 2.45) is 0 Å². The van der Waals surface area contributed by atoms with E-state index in [1.54, 1.807) is 7.11 Å². The standard InChI is InChI=1S/C18H18N3OS/c1-22-15-10-11-20-17-12(15)6-2-5-9-16(17)23-21-14-8-4-3-7-13(14)19-18(20)21/h3-4,7-8,10-11,16H,2,5-6,9H2,1H3/q+1/t16-/m1/s1. The van der Waals surface area contributed by atoms with Gasteiger partial charge in [-0.3, -0.25) is 0 Å². The Hall–Kier alpha value is -2.01. The number of hydrogen-bond donors (Lipinski definition) is 0. The smallest absolute Gasteiger partial charge is 0.415 e. The van der Waals surface area contributed by atoms with E-state index < -0.39 is 0 Å². The van der Waals surface area contributed by atoms with Gasteiger partial charge in [-0.25, -0.2) is 4.57 Å². The summed E-state index contributed by atoms with van der Waals surface area (Å²) >= 11 is 1.91. The highest BCUT2D eigenvalue weighted by atomic mass is 32.2. The van der Waals surface area contributed by atoms with Crippen molar-refractivity contribution < 1.29 is 9.30 Å². The topological polar surface area (TPSA) is 30.9 Å². The first-order valence-corrected chi connectivity index (χ1v) is 8.97. The number of benzene rings is 1. The Kier molecular flexibility index (Phi) is 2.92. The molecule has 0 radical (unpaired) electrons. The third-order valence-corrected chi connectivity index (χ3v) is 6.14. The largest absolute Gasteiger partial charge is 0.496 e. The molecule has 0 saturated carbocycles. The molecule has 1 aromatic carbocycles. The SMILES string of the molecule is COc1cc[n+]2c3c1CCCC[C@H]3Sn1c-2nc2ccccc21. The van der Waals surface area contributed by atoms with E-state index in [1.807, 2.05) is 11.9 Å². The molecule has 0 bridgehead atoms. The van der Waals surface area contributed by atoms with Crippen LogP contribution in [0.15, 0.2) is 36.5 Å². The highest BCUT2D eigenvalue weighted by Crippen LogP contribution is 2.44. The van der Waals surface area contributed by atoms with Gasteiger partial charge in [-0.1, -0.05) is 23.5 Å². The van der Waals surface area contributed by atoms with E-state index in [-0.39, 0.29) is 0 Å². The summed E-state index contributed by atoms with van der Waals surface area (Å²) in [6.45, 7) is 0. The Labute approximate surface area is 139 Å². The zero-order valence-electron chi connectivity index (χ0n) is 13.0. The molecule has 2 aliphatic rings. The quantitative estimate of drug-likeness (QED) is 0.641. The molecule has 0 N–H and O–H groups in total. The van der Waals surface area contributed by atoms with E-state index in [0.29, 0.717) is 5.25 Å². The van der Waals surface area contributed by atoms with Gasteiger partial charge in [0.25, 0.3) is 0 Å². The molecule has 1 atom stereocenters. The second kappa shape index (κ2) is 4.99. The minimum atomic E-state index is 0.465. The summed E-state index contributed by atoms with van der Waals surface area (Å²) in [7, 11) is 1.77. The number of methoxy groups -OCH3 is 1. The van der Waals surface area contributed by atoms with Gasteiger partial charge in [0.2, 0.25) is 0 Å². The number of imidazole rings is 1. The molecule has 3 heterocycles. The van der Waals surface area contributed by atoms with E-state index in [0.717, 1.165) is 23.6 Å². The minimum absolute atomic E-state index is 0.465. The van der Waals surface area contributed by atoms with Crippen molar-refractivity contribution in [1.29, 1.82) is 0 Å². The van der Waals surface area contributed by atoms with Gasteiger partial charge in [0.05, 0.1) is 18.6 Å². The van der Waals surface area contributed by atoms with Crippen LogP contribution in [0, 0.1) is 0 Å². The Morgan fingerprint density at radius 2 is 2.17 bits per heavy atom. The fourth-order valence-electron chi connectivity index (χ4n) is 3.81. The lowest BCUT2D eigenvalue weighted by Crippen LogP contribution is -2.43. The Balaban J connectivity index is 1.84. The summed E-state index contributed by atoms with van der Waals surface area (Å²) in [4.78, 5) is 4.88. The van der Waals surface area contributed by atoms with Crippen molar-refractivity contribution in [2.75, 3.05) is 7.11 Å². The Bertz CT molecular complexity index is 918.